The standard InChI is InChI=1S/C16H14F3N3O3/c17-11-3-4-12(15(19)14(11)18)20-21-16(24)9-6-13(23)22(7-9)8-10-2-1-5-25-10/h1-5,9,20H,6-8H2,(H,21,24). The summed E-state index contributed by atoms with van der Waals surface area (Å²) in [4.78, 5) is 25.5. The first-order valence-corrected chi connectivity index (χ1v) is 7.45. The molecule has 132 valence electrons. The van der Waals surface area contributed by atoms with Crippen LogP contribution in [0.1, 0.15) is 12.2 Å². The fourth-order valence-electron chi connectivity index (χ4n) is 2.54. The van der Waals surface area contributed by atoms with E-state index in [2.05, 4.69) is 10.9 Å². The van der Waals surface area contributed by atoms with Crippen LogP contribution in [-0.2, 0) is 16.1 Å². The lowest BCUT2D eigenvalue weighted by molar-refractivity contribution is -0.129. The quantitative estimate of drug-likeness (QED) is 0.638. The van der Waals surface area contributed by atoms with Crippen molar-refractivity contribution in [3.63, 3.8) is 0 Å². The maximum absolute atomic E-state index is 13.5. The van der Waals surface area contributed by atoms with Crippen LogP contribution in [-0.4, -0.2) is 23.3 Å². The van der Waals surface area contributed by atoms with Gasteiger partial charge in [0.05, 0.1) is 24.4 Å². The molecule has 1 aromatic carbocycles. The molecule has 1 unspecified atom stereocenters. The van der Waals surface area contributed by atoms with Crippen LogP contribution >= 0.6 is 0 Å². The molecule has 0 spiro atoms. The van der Waals surface area contributed by atoms with Gasteiger partial charge in [-0.25, -0.2) is 13.2 Å². The number of carbonyl (C=O) groups excluding carboxylic acids is 2. The van der Waals surface area contributed by atoms with Crippen molar-refractivity contribution in [2.75, 3.05) is 12.0 Å². The Morgan fingerprint density at radius 1 is 1.24 bits per heavy atom. The van der Waals surface area contributed by atoms with Crippen LogP contribution in [0.5, 0.6) is 0 Å². The summed E-state index contributed by atoms with van der Waals surface area (Å²) >= 11 is 0. The first-order valence-electron chi connectivity index (χ1n) is 7.45. The minimum absolute atomic E-state index is 0.00547. The minimum Gasteiger partial charge on any atom is -0.467 e. The molecule has 1 aliphatic rings. The average Bonchev–Trinajstić information content (AvgIpc) is 3.22. The molecule has 9 heteroatoms. The highest BCUT2D eigenvalue weighted by Crippen LogP contribution is 2.22. The SMILES string of the molecule is O=C(NNc1ccc(F)c(F)c1F)C1CC(=O)N(Cc2ccco2)C1. The number of furan rings is 1. The Balaban J connectivity index is 1.57. The second kappa shape index (κ2) is 6.88. The summed E-state index contributed by atoms with van der Waals surface area (Å²) in [6, 6.07) is 5.10. The molecule has 25 heavy (non-hydrogen) atoms. The zero-order chi connectivity index (χ0) is 18.0. The molecule has 1 atom stereocenters. The highest BCUT2D eigenvalue weighted by Gasteiger charge is 2.34. The van der Waals surface area contributed by atoms with Crippen LogP contribution in [0.2, 0.25) is 0 Å². The van der Waals surface area contributed by atoms with Crippen molar-refractivity contribution in [1.29, 1.82) is 0 Å². The van der Waals surface area contributed by atoms with Gasteiger partial charge in [-0.05, 0) is 24.3 Å². The van der Waals surface area contributed by atoms with Crippen molar-refractivity contribution < 1.29 is 27.2 Å². The number of anilines is 1. The lowest BCUT2D eigenvalue weighted by Gasteiger charge is -2.15. The van der Waals surface area contributed by atoms with Crippen molar-refractivity contribution in [2.45, 2.75) is 13.0 Å². The molecule has 3 rings (SSSR count). The predicted molar refractivity (Wildman–Crippen MR) is 80.3 cm³/mol. The van der Waals surface area contributed by atoms with Gasteiger partial charge in [0.1, 0.15) is 5.76 Å². The normalized spacial score (nSPS) is 17.0. The molecular formula is C16H14F3N3O3. The summed E-state index contributed by atoms with van der Waals surface area (Å²) in [7, 11) is 0. The predicted octanol–water partition coefficient (Wildman–Crippen LogP) is 2.19. The Labute approximate surface area is 140 Å². The van der Waals surface area contributed by atoms with E-state index in [1.54, 1.807) is 12.1 Å². The van der Waals surface area contributed by atoms with Gasteiger partial charge in [-0.3, -0.25) is 20.4 Å². The van der Waals surface area contributed by atoms with Gasteiger partial charge >= 0.3 is 0 Å². The first-order chi connectivity index (χ1) is 12.0. The van der Waals surface area contributed by atoms with Gasteiger partial charge in [0, 0.05) is 13.0 Å². The lowest BCUT2D eigenvalue weighted by Crippen LogP contribution is -2.36. The molecule has 1 fully saturated rings. The van der Waals surface area contributed by atoms with E-state index in [-0.39, 0.29) is 25.4 Å². The minimum atomic E-state index is -1.64. The largest absolute Gasteiger partial charge is 0.467 e. The van der Waals surface area contributed by atoms with Crippen molar-refractivity contribution in [1.82, 2.24) is 10.3 Å². The molecule has 0 saturated carbocycles. The number of hydrazine groups is 1. The average molecular weight is 353 g/mol. The summed E-state index contributed by atoms with van der Waals surface area (Å²) in [6.07, 6.45) is 1.48. The maximum Gasteiger partial charge on any atom is 0.243 e. The number of hydrogen-bond acceptors (Lipinski definition) is 4. The molecule has 2 heterocycles. The third-order valence-corrected chi connectivity index (χ3v) is 3.87. The van der Waals surface area contributed by atoms with Gasteiger partial charge in [-0.2, -0.15) is 0 Å². The fourth-order valence-corrected chi connectivity index (χ4v) is 2.54. The van der Waals surface area contributed by atoms with E-state index in [0.717, 1.165) is 12.1 Å². The van der Waals surface area contributed by atoms with Gasteiger partial charge in [-0.1, -0.05) is 0 Å². The number of nitrogens with zero attached hydrogens (tertiary/aromatic N) is 1. The number of carbonyl (C=O) groups is 2. The van der Waals surface area contributed by atoms with Crippen LogP contribution in [0.15, 0.2) is 34.9 Å². The molecule has 2 N–H and O–H groups in total. The van der Waals surface area contributed by atoms with Crippen molar-refractivity contribution >= 4 is 17.5 Å². The van der Waals surface area contributed by atoms with Gasteiger partial charge in [0.2, 0.25) is 11.8 Å². The fraction of sp³-hybridized carbons (Fsp3) is 0.250. The van der Waals surface area contributed by atoms with E-state index in [4.69, 9.17) is 4.42 Å². The third-order valence-electron chi connectivity index (χ3n) is 3.87. The van der Waals surface area contributed by atoms with E-state index in [1.807, 2.05) is 0 Å². The van der Waals surface area contributed by atoms with Crippen LogP contribution in [0.3, 0.4) is 0 Å². The summed E-state index contributed by atoms with van der Waals surface area (Å²) in [5.74, 6) is -5.24. The number of rotatable bonds is 5. The summed E-state index contributed by atoms with van der Waals surface area (Å²) < 4.78 is 44.7. The third kappa shape index (κ3) is 3.59. The van der Waals surface area contributed by atoms with Gasteiger partial charge < -0.3 is 9.32 Å². The number of amides is 2. The molecule has 0 aliphatic carbocycles. The Morgan fingerprint density at radius 3 is 2.76 bits per heavy atom. The molecule has 2 amide bonds. The Kier molecular flexibility index (Phi) is 4.64. The molecule has 1 aromatic heterocycles. The number of likely N-dealkylation sites (tertiary alicyclic amines) is 1. The molecule has 6 nitrogen and oxygen atoms in total. The van der Waals surface area contributed by atoms with Crippen LogP contribution < -0.4 is 10.9 Å². The molecule has 2 aromatic rings. The Morgan fingerprint density at radius 2 is 2.04 bits per heavy atom. The van der Waals surface area contributed by atoms with Crippen LogP contribution in [0.4, 0.5) is 18.9 Å². The zero-order valence-corrected chi connectivity index (χ0v) is 12.9. The van der Waals surface area contributed by atoms with Gasteiger partial charge in [-0.15, -0.1) is 0 Å². The molecule has 0 bridgehead atoms. The maximum atomic E-state index is 13.5. The van der Waals surface area contributed by atoms with Crippen molar-refractivity contribution in [3.8, 4) is 0 Å². The van der Waals surface area contributed by atoms with Gasteiger partial charge in [0.25, 0.3) is 0 Å². The summed E-state index contributed by atoms with van der Waals surface area (Å²) in [6.45, 7) is 0.425. The number of nitrogens with one attached hydrogen (secondary N) is 2. The Bertz CT molecular complexity index is 795. The molecule has 1 aliphatic heterocycles. The molecule has 1 saturated heterocycles. The summed E-state index contributed by atoms with van der Waals surface area (Å²) in [5.41, 5.74) is 4.00. The molecule has 0 radical (unpaired) electrons. The van der Waals surface area contributed by atoms with Crippen molar-refractivity contribution in [3.05, 3.63) is 53.7 Å². The second-order valence-electron chi connectivity index (χ2n) is 5.59. The number of halogens is 3. The van der Waals surface area contributed by atoms with E-state index in [1.165, 1.54) is 11.2 Å². The van der Waals surface area contributed by atoms with E-state index >= 15 is 0 Å². The zero-order valence-electron chi connectivity index (χ0n) is 12.9. The smallest absolute Gasteiger partial charge is 0.243 e. The van der Waals surface area contributed by atoms with Gasteiger partial charge in [0.15, 0.2) is 17.5 Å². The monoisotopic (exact) mass is 353 g/mol. The lowest BCUT2D eigenvalue weighted by atomic mass is 10.1. The van der Waals surface area contributed by atoms with Crippen LogP contribution in [0.25, 0.3) is 0 Å². The summed E-state index contributed by atoms with van der Waals surface area (Å²) in [5, 5.41) is 0. The van der Waals surface area contributed by atoms with Crippen molar-refractivity contribution in [2.24, 2.45) is 5.92 Å². The first kappa shape index (κ1) is 16.9. The number of benzene rings is 1. The molecular weight excluding hydrogens is 339 g/mol. The second-order valence-corrected chi connectivity index (χ2v) is 5.59. The highest BCUT2D eigenvalue weighted by atomic mass is 19.2. The van der Waals surface area contributed by atoms with E-state index in [9.17, 15) is 22.8 Å². The topological polar surface area (TPSA) is 74.6 Å². The van der Waals surface area contributed by atoms with E-state index in [0.29, 0.717) is 5.76 Å². The van der Waals surface area contributed by atoms with Crippen LogP contribution in [0, 0.1) is 23.4 Å². The van der Waals surface area contributed by atoms with E-state index < -0.39 is 35.0 Å². The highest BCUT2D eigenvalue weighted by molar-refractivity contribution is 5.89. The number of hydrogen-bond donors (Lipinski definition) is 2. The Hall–Kier alpha value is -2.97.